The summed E-state index contributed by atoms with van der Waals surface area (Å²) in [5.41, 5.74) is 0.743. The molecule has 2 fully saturated rings. The molecule has 0 bridgehead atoms. The molecule has 4 nitrogen and oxygen atoms in total. The van der Waals surface area contributed by atoms with Crippen LogP contribution in [0.15, 0.2) is 28.2 Å². The predicted molar refractivity (Wildman–Crippen MR) is 85.6 cm³/mol. The van der Waals surface area contributed by atoms with Crippen molar-refractivity contribution in [3.63, 3.8) is 0 Å². The lowest BCUT2D eigenvalue weighted by Gasteiger charge is -2.37. The third-order valence-corrected chi connectivity index (χ3v) is 5.79. The van der Waals surface area contributed by atoms with Gasteiger partial charge in [0.05, 0.1) is 17.0 Å². The van der Waals surface area contributed by atoms with E-state index in [4.69, 9.17) is 4.42 Å². The molecule has 4 rings (SSSR count). The summed E-state index contributed by atoms with van der Waals surface area (Å²) in [5.74, 6) is 1.57. The monoisotopic (exact) mass is 316 g/mol. The van der Waals surface area contributed by atoms with Crippen LogP contribution in [0.5, 0.6) is 0 Å². The van der Waals surface area contributed by atoms with Crippen LogP contribution in [0, 0.1) is 5.92 Å². The number of oxazole rings is 1. The minimum atomic E-state index is 0.209. The fourth-order valence-electron chi connectivity index (χ4n) is 3.57. The van der Waals surface area contributed by atoms with E-state index in [2.05, 4.69) is 9.88 Å². The van der Waals surface area contributed by atoms with Crippen molar-refractivity contribution >= 4 is 17.2 Å². The lowest BCUT2D eigenvalue weighted by atomic mass is 9.79. The molecule has 1 amide bonds. The van der Waals surface area contributed by atoms with Crippen molar-refractivity contribution in [1.82, 2.24) is 9.88 Å². The Morgan fingerprint density at radius 1 is 1.36 bits per heavy atom. The highest BCUT2D eigenvalue weighted by molar-refractivity contribution is 7.13. The smallest absolute Gasteiger partial charge is 0.236 e. The molecule has 1 aliphatic heterocycles. The first-order valence-electron chi connectivity index (χ1n) is 8.09. The van der Waals surface area contributed by atoms with Crippen molar-refractivity contribution in [1.29, 1.82) is 0 Å². The average molecular weight is 316 g/mol. The molecular formula is C17H20N2O2S. The summed E-state index contributed by atoms with van der Waals surface area (Å²) in [7, 11) is 0. The Morgan fingerprint density at radius 2 is 2.27 bits per heavy atom. The van der Waals surface area contributed by atoms with Crippen LogP contribution in [-0.4, -0.2) is 28.4 Å². The lowest BCUT2D eigenvalue weighted by molar-refractivity contribution is -0.132. The molecule has 2 aromatic rings. The first-order chi connectivity index (χ1) is 10.8. The van der Waals surface area contributed by atoms with Crippen LogP contribution < -0.4 is 0 Å². The molecule has 0 spiro atoms. The highest BCUT2D eigenvalue weighted by Gasteiger charge is 2.37. The van der Waals surface area contributed by atoms with Crippen molar-refractivity contribution in [3.05, 3.63) is 29.5 Å². The molecule has 116 valence electrons. The third kappa shape index (κ3) is 2.58. The second kappa shape index (κ2) is 5.88. The number of carbonyl (C=O) groups is 1. The number of hydrogen-bond acceptors (Lipinski definition) is 4. The average Bonchev–Trinajstić information content (AvgIpc) is 3.17. The maximum atomic E-state index is 12.6. The standard InChI is InChI=1S/C17H20N2O2S/c20-16(19-8-2-6-14(19)12-4-1-5-12)10-13-11-21-17(18-13)15-7-3-9-22-15/h3,7,9,11-12,14H,1-2,4-6,8,10H2. The van der Waals surface area contributed by atoms with Gasteiger partial charge in [-0.3, -0.25) is 4.79 Å². The molecular weight excluding hydrogens is 296 g/mol. The molecule has 1 aliphatic carbocycles. The van der Waals surface area contributed by atoms with Crippen LogP contribution >= 0.6 is 11.3 Å². The van der Waals surface area contributed by atoms with Gasteiger partial charge in [0.15, 0.2) is 0 Å². The van der Waals surface area contributed by atoms with Crippen LogP contribution in [0.3, 0.4) is 0 Å². The SMILES string of the molecule is O=C(Cc1coc(-c2cccs2)n1)N1CCCC1C1CCC1. The van der Waals surface area contributed by atoms with Gasteiger partial charge in [0.1, 0.15) is 6.26 Å². The molecule has 22 heavy (non-hydrogen) atoms. The number of carbonyl (C=O) groups excluding carboxylic acids is 1. The van der Waals surface area contributed by atoms with Gasteiger partial charge in [-0.05, 0) is 43.0 Å². The number of likely N-dealkylation sites (tertiary alicyclic amines) is 1. The molecule has 2 aromatic heterocycles. The van der Waals surface area contributed by atoms with E-state index >= 15 is 0 Å². The van der Waals surface area contributed by atoms with E-state index in [0.29, 0.717) is 18.4 Å². The minimum Gasteiger partial charge on any atom is -0.444 e. The summed E-state index contributed by atoms with van der Waals surface area (Å²) in [6.45, 7) is 0.912. The largest absolute Gasteiger partial charge is 0.444 e. The zero-order chi connectivity index (χ0) is 14.9. The number of hydrogen-bond donors (Lipinski definition) is 0. The molecule has 2 aliphatic rings. The fourth-order valence-corrected chi connectivity index (χ4v) is 4.23. The summed E-state index contributed by atoms with van der Waals surface area (Å²) < 4.78 is 5.51. The Hall–Kier alpha value is -1.62. The van der Waals surface area contributed by atoms with E-state index in [0.717, 1.165) is 29.5 Å². The van der Waals surface area contributed by atoms with E-state index < -0.39 is 0 Å². The molecule has 1 atom stereocenters. The first kappa shape index (κ1) is 14.0. The van der Waals surface area contributed by atoms with E-state index in [1.165, 1.54) is 25.7 Å². The van der Waals surface area contributed by atoms with Gasteiger partial charge < -0.3 is 9.32 Å². The number of amides is 1. The highest BCUT2D eigenvalue weighted by atomic mass is 32.1. The van der Waals surface area contributed by atoms with E-state index in [1.54, 1.807) is 17.6 Å². The highest BCUT2D eigenvalue weighted by Crippen LogP contribution is 2.37. The minimum absolute atomic E-state index is 0.209. The molecule has 0 radical (unpaired) electrons. The molecule has 1 unspecified atom stereocenters. The second-order valence-electron chi connectivity index (χ2n) is 6.29. The Kier molecular flexibility index (Phi) is 3.74. The van der Waals surface area contributed by atoms with Gasteiger partial charge in [-0.1, -0.05) is 12.5 Å². The molecule has 1 saturated heterocycles. The molecule has 0 aromatic carbocycles. The number of thiophene rings is 1. The molecule has 1 saturated carbocycles. The number of rotatable bonds is 4. The van der Waals surface area contributed by atoms with Crippen LogP contribution in [-0.2, 0) is 11.2 Å². The van der Waals surface area contributed by atoms with Gasteiger partial charge >= 0.3 is 0 Å². The topological polar surface area (TPSA) is 46.3 Å². The van der Waals surface area contributed by atoms with Crippen LogP contribution in [0.25, 0.3) is 10.8 Å². The lowest BCUT2D eigenvalue weighted by Crippen LogP contribution is -2.43. The summed E-state index contributed by atoms with van der Waals surface area (Å²) in [4.78, 5) is 20.2. The van der Waals surface area contributed by atoms with Gasteiger partial charge in [0, 0.05) is 12.6 Å². The Morgan fingerprint density at radius 3 is 3.00 bits per heavy atom. The fraction of sp³-hybridized carbons (Fsp3) is 0.529. The summed E-state index contributed by atoms with van der Waals surface area (Å²) in [6.07, 6.45) is 8.22. The number of aromatic nitrogens is 1. The van der Waals surface area contributed by atoms with Crippen molar-refractivity contribution in [3.8, 4) is 10.8 Å². The maximum Gasteiger partial charge on any atom is 0.236 e. The van der Waals surface area contributed by atoms with Gasteiger partial charge in [0.25, 0.3) is 0 Å². The van der Waals surface area contributed by atoms with Gasteiger partial charge in [0.2, 0.25) is 11.8 Å². The Labute approximate surface area is 134 Å². The molecule has 3 heterocycles. The van der Waals surface area contributed by atoms with Crippen LogP contribution in [0.2, 0.25) is 0 Å². The van der Waals surface area contributed by atoms with Gasteiger partial charge in [-0.15, -0.1) is 11.3 Å². The zero-order valence-corrected chi connectivity index (χ0v) is 13.3. The molecule has 0 N–H and O–H groups in total. The van der Waals surface area contributed by atoms with E-state index in [-0.39, 0.29) is 5.91 Å². The summed E-state index contributed by atoms with van der Waals surface area (Å²) in [6, 6.07) is 4.43. The van der Waals surface area contributed by atoms with Crippen molar-refractivity contribution in [2.24, 2.45) is 5.92 Å². The predicted octanol–water partition coefficient (Wildman–Crippen LogP) is 3.74. The van der Waals surface area contributed by atoms with E-state index in [9.17, 15) is 4.79 Å². The normalized spacial score (nSPS) is 22.0. The Balaban J connectivity index is 1.43. The molecule has 5 heteroatoms. The second-order valence-corrected chi connectivity index (χ2v) is 7.23. The van der Waals surface area contributed by atoms with Crippen LogP contribution in [0.4, 0.5) is 0 Å². The van der Waals surface area contributed by atoms with E-state index in [1.807, 2.05) is 17.5 Å². The quantitative estimate of drug-likeness (QED) is 0.863. The van der Waals surface area contributed by atoms with Crippen molar-refractivity contribution in [2.75, 3.05) is 6.54 Å². The van der Waals surface area contributed by atoms with Crippen molar-refractivity contribution in [2.45, 2.75) is 44.6 Å². The zero-order valence-electron chi connectivity index (χ0n) is 12.5. The maximum absolute atomic E-state index is 12.6. The number of nitrogens with zero attached hydrogens (tertiary/aromatic N) is 2. The van der Waals surface area contributed by atoms with Crippen LogP contribution in [0.1, 0.15) is 37.8 Å². The van der Waals surface area contributed by atoms with Crippen molar-refractivity contribution < 1.29 is 9.21 Å². The first-order valence-corrected chi connectivity index (χ1v) is 8.97. The van der Waals surface area contributed by atoms with Gasteiger partial charge in [-0.25, -0.2) is 4.98 Å². The summed E-state index contributed by atoms with van der Waals surface area (Å²) in [5, 5.41) is 2.00. The van der Waals surface area contributed by atoms with Gasteiger partial charge in [-0.2, -0.15) is 0 Å². The third-order valence-electron chi connectivity index (χ3n) is 4.93. The summed E-state index contributed by atoms with van der Waals surface area (Å²) >= 11 is 1.60. The Bertz CT molecular complexity index is 645.